The van der Waals surface area contributed by atoms with E-state index in [4.69, 9.17) is 109 Å². The largest absolute Gasteiger partial charge is 0.368 e. The number of hydrogen-bond donors (Lipinski definition) is 0. The van der Waals surface area contributed by atoms with Crippen LogP contribution in [0.5, 0.6) is 0 Å². The fraction of sp³-hybridized carbons (Fsp3) is 0.374. The van der Waals surface area contributed by atoms with Gasteiger partial charge in [0.2, 0.25) is 0 Å². The summed E-state index contributed by atoms with van der Waals surface area (Å²) < 4.78 is 157. The van der Waals surface area contributed by atoms with Crippen molar-refractivity contribution in [2.75, 3.05) is 33.0 Å². The number of fused-ring (bicyclic) bond motifs is 4. The fourth-order valence-corrected chi connectivity index (χ4v) is 17.0. The van der Waals surface area contributed by atoms with Crippen molar-refractivity contribution < 1.29 is 104 Å². The zero-order chi connectivity index (χ0) is 83.0. The molecular formula is C99H101N3O22. The van der Waals surface area contributed by atoms with E-state index in [0.29, 0.717) is 5.69 Å². The molecule has 0 unspecified atom stereocenters. The number of ether oxygens (including phenoxy) is 22. The molecule has 124 heavy (non-hydrogen) atoms. The standard InChI is InChI=1S/C99H101N3O22/c1-11-31-65(32-12-1)54-104-84-80-78(63-113-92(119-80)71-43-23-7-24-44-71)117-98(88(84)108-58-69-39-19-5-20-40-69)123-90-86(106-56-67-35-15-3-16-36-67)82-76(61-111-94(121-82)73-47-27-9-28-48-73)115-96(90)103-52-51-102-53-75(100-101-102)60-110-97-91(87(107-57-68-37-17-4-18-38-68)83-77(116-97)62-112-95(122-83)74-49-29-10-30-50-74)124-99-89(109-59-70-41-21-6-22-42-70)85(105-55-66-33-13-2-14-34-66)81-79(118-99)64-114-93(120-81)72-45-25-8-26-46-72/h1-50,53,76-99H,51-52,54-64H2/t76-,77-,78-,79-,80-,81-,82-,83-,84+,85+,86+,87+,88+,89+,90+,91+,92-,93-,94-,95-,96-,97-,98+,99+/m1/s1. The maximum atomic E-state index is 7.59. The van der Waals surface area contributed by atoms with E-state index in [0.717, 1.165) is 55.6 Å². The van der Waals surface area contributed by atoms with Crippen LogP contribution in [0.15, 0.2) is 310 Å². The van der Waals surface area contributed by atoms with Gasteiger partial charge < -0.3 is 104 Å². The summed E-state index contributed by atoms with van der Waals surface area (Å²) in [4.78, 5) is 0. The van der Waals surface area contributed by atoms with Gasteiger partial charge in [-0.2, -0.15) is 0 Å². The van der Waals surface area contributed by atoms with E-state index in [-0.39, 0.29) is 85.8 Å². The van der Waals surface area contributed by atoms with Crippen LogP contribution in [0.25, 0.3) is 0 Å². The quantitative estimate of drug-likeness (QED) is 0.0372. The second-order valence-electron chi connectivity index (χ2n) is 31.8. The molecule has 0 spiro atoms. The van der Waals surface area contributed by atoms with Crippen molar-refractivity contribution in [3.05, 3.63) is 371 Å². The van der Waals surface area contributed by atoms with E-state index in [1.54, 1.807) is 10.9 Å². The average Bonchev–Trinajstić information content (AvgIpc) is 0.829. The molecule has 0 radical (unpaired) electrons. The molecule has 10 aromatic carbocycles. The molecular weight excluding hydrogens is 1580 g/mol. The molecule has 25 nitrogen and oxygen atoms in total. The predicted molar refractivity (Wildman–Crippen MR) is 445 cm³/mol. The van der Waals surface area contributed by atoms with Crippen LogP contribution in [0.1, 0.15) is 86.5 Å². The Bertz CT molecular complexity index is 5000. The van der Waals surface area contributed by atoms with Crippen LogP contribution in [0.3, 0.4) is 0 Å². The molecule has 0 saturated carbocycles. The van der Waals surface area contributed by atoms with E-state index < -0.39 is 148 Å². The molecule has 8 fully saturated rings. The predicted octanol–water partition coefficient (Wildman–Crippen LogP) is 14.5. The second kappa shape index (κ2) is 41.3. The highest BCUT2D eigenvalue weighted by molar-refractivity contribution is 5.24. The minimum Gasteiger partial charge on any atom is -0.368 e. The highest BCUT2D eigenvalue weighted by atomic mass is 16.8. The van der Waals surface area contributed by atoms with Gasteiger partial charge in [-0.3, -0.25) is 0 Å². The Morgan fingerprint density at radius 1 is 0.250 bits per heavy atom. The molecule has 1 aromatic heterocycles. The molecule has 8 aliphatic heterocycles. The molecule has 8 aliphatic rings. The normalized spacial score (nSPS) is 31.0. The van der Waals surface area contributed by atoms with Crippen molar-refractivity contribution in [3.8, 4) is 0 Å². The number of hydrogen-bond acceptors (Lipinski definition) is 24. The molecule has 0 bridgehead atoms. The van der Waals surface area contributed by atoms with E-state index in [9.17, 15) is 0 Å². The van der Waals surface area contributed by atoms with Gasteiger partial charge in [0.1, 0.15) is 103 Å². The van der Waals surface area contributed by atoms with Crippen molar-refractivity contribution in [1.29, 1.82) is 0 Å². The van der Waals surface area contributed by atoms with Gasteiger partial charge in [0, 0.05) is 22.3 Å². The summed E-state index contributed by atoms with van der Waals surface area (Å²) in [7, 11) is 0. The minimum atomic E-state index is -1.20. The highest BCUT2D eigenvalue weighted by Crippen LogP contribution is 2.46. The van der Waals surface area contributed by atoms with Crippen molar-refractivity contribution in [2.24, 2.45) is 0 Å². The zero-order valence-corrected chi connectivity index (χ0v) is 68.3. The van der Waals surface area contributed by atoms with E-state index in [2.05, 4.69) is 5.21 Å². The van der Waals surface area contributed by atoms with Crippen LogP contribution in [0.4, 0.5) is 0 Å². The Labute approximate surface area is 720 Å². The molecule has 19 rings (SSSR count). The molecule has 24 atom stereocenters. The van der Waals surface area contributed by atoms with Gasteiger partial charge in [-0.25, -0.2) is 4.68 Å². The lowest BCUT2D eigenvalue weighted by Gasteiger charge is -2.52. The summed E-state index contributed by atoms with van der Waals surface area (Å²) in [5.74, 6) is 0. The molecule has 25 heteroatoms. The third-order valence-corrected chi connectivity index (χ3v) is 23.3. The lowest BCUT2D eigenvalue weighted by Crippen LogP contribution is -2.68. The summed E-state index contributed by atoms with van der Waals surface area (Å²) in [5.41, 5.74) is 9.34. The van der Waals surface area contributed by atoms with Gasteiger partial charge in [-0.05, 0) is 33.4 Å². The second-order valence-corrected chi connectivity index (χ2v) is 31.8. The maximum absolute atomic E-state index is 7.59. The smallest absolute Gasteiger partial charge is 0.187 e. The molecule has 8 saturated heterocycles. The fourth-order valence-electron chi connectivity index (χ4n) is 17.0. The Hall–Kier alpha value is -9.54. The molecule has 9 heterocycles. The van der Waals surface area contributed by atoms with Crippen LogP contribution in [-0.4, -0.2) is 171 Å². The van der Waals surface area contributed by atoms with Crippen molar-refractivity contribution in [2.45, 2.75) is 201 Å². The monoisotopic (exact) mass is 1680 g/mol. The summed E-state index contributed by atoms with van der Waals surface area (Å²) in [6.07, 6.45) is -19.3. The molecule has 644 valence electrons. The first-order valence-corrected chi connectivity index (χ1v) is 42.7. The molecule has 0 amide bonds. The third kappa shape index (κ3) is 20.6. The first kappa shape index (κ1) is 84.0. The summed E-state index contributed by atoms with van der Waals surface area (Å²) in [6.45, 7) is 1.67. The first-order valence-electron chi connectivity index (χ1n) is 42.7. The number of aromatic nitrogens is 3. The van der Waals surface area contributed by atoms with E-state index in [1.165, 1.54) is 0 Å². The Morgan fingerprint density at radius 3 is 0.790 bits per heavy atom. The van der Waals surface area contributed by atoms with Gasteiger partial charge >= 0.3 is 0 Å². The molecule has 11 aromatic rings. The van der Waals surface area contributed by atoms with Gasteiger partial charge in [0.05, 0.1) is 92.0 Å². The van der Waals surface area contributed by atoms with Gasteiger partial charge in [0.25, 0.3) is 0 Å². The summed E-state index contributed by atoms with van der Waals surface area (Å²) >= 11 is 0. The SMILES string of the molecule is c1ccc(CO[C@@H]2[C@H](OCc3ccccc3)[C@H](O[C@@H]3[C@H](OCCn4cc(CO[C@@H]5O[C@@H]6CO[C@@H](c7ccccc7)O[C@H]6[C@H](OCc6ccccc6)[C@@H]5O[C@@H]5O[C@@H]6CO[C@@H](c7ccccc7)O[C@H]6[C@H](OCc6ccccc6)[C@@H]5OCc5ccccc5)nn4)O[C@@H]4CO[C@@H](c5ccccc5)O[C@H]4[C@@H]3OCc3ccccc3)O[C@@H]3CO[C@@H](c4ccccc4)O[C@@H]23)cc1. The lowest BCUT2D eigenvalue weighted by atomic mass is 9.95. The maximum Gasteiger partial charge on any atom is 0.187 e. The summed E-state index contributed by atoms with van der Waals surface area (Å²) in [6, 6.07) is 99.0. The molecule has 0 aliphatic carbocycles. The summed E-state index contributed by atoms with van der Waals surface area (Å²) in [5, 5.41) is 9.37. The van der Waals surface area contributed by atoms with Crippen LogP contribution >= 0.6 is 0 Å². The van der Waals surface area contributed by atoms with Gasteiger partial charge in [-0.1, -0.05) is 309 Å². The van der Waals surface area contributed by atoms with E-state index >= 15 is 0 Å². The topological polar surface area (TPSA) is 234 Å². The van der Waals surface area contributed by atoms with Crippen molar-refractivity contribution in [3.63, 3.8) is 0 Å². The van der Waals surface area contributed by atoms with Gasteiger partial charge in [-0.15, -0.1) is 5.10 Å². The van der Waals surface area contributed by atoms with Crippen LogP contribution in [0, 0.1) is 0 Å². The van der Waals surface area contributed by atoms with Crippen LogP contribution in [-0.2, 0) is 157 Å². The number of benzene rings is 10. The van der Waals surface area contributed by atoms with Crippen molar-refractivity contribution in [1.82, 2.24) is 15.0 Å². The van der Waals surface area contributed by atoms with Crippen molar-refractivity contribution >= 4 is 0 Å². The number of nitrogens with zero attached hydrogens (tertiary/aromatic N) is 3. The molecule has 0 N–H and O–H groups in total. The highest BCUT2D eigenvalue weighted by Gasteiger charge is 2.60. The Kier molecular flexibility index (Phi) is 28.0. The third-order valence-electron chi connectivity index (χ3n) is 23.3. The van der Waals surface area contributed by atoms with E-state index in [1.807, 2.05) is 303 Å². The average molecular weight is 1680 g/mol. The van der Waals surface area contributed by atoms with Crippen LogP contribution in [0.2, 0.25) is 0 Å². The van der Waals surface area contributed by atoms with Gasteiger partial charge in [0.15, 0.2) is 50.3 Å². The zero-order valence-electron chi connectivity index (χ0n) is 68.3. The minimum absolute atomic E-state index is 0.0196. The first-order chi connectivity index (χ1) is 61.4. The Balaban J connectivity index is 0.624. The Morgan fingerprint density at radius 2 is 0.500 bits per heavy atom. The lowest BCUT2D eigenvalue weighted by molar-refractivity contribution is -0.414. The van der Waals surface area contributed by atoms with Crippen LogP contribution < -0.4 is 0 Å². The number of rotatable bonds is 33.